The van der Waals surface area contributed by atoms with Crippen molar-refractivity contribution in [2.24, 2.45) is 0 Å². The Balaban J connectivity index is 1.25. The first-order valence-corrected chi connectivity index (χ1v) is 11.5. The fourth-order valence-corrected chi connectivity index (χ4v) is 4.65. The molecule has 0 amide bonds. The zero-order valence-electron chi connectivity index (χ0n) is 18.2. The molecule has 3 aromatic rings. The van der Waals surface area contributed by atoms with Gasteiger partial charge >= 0.3 is 0 Å². The van der Waals surface area contributed by atoms with E-state index in [4.69, 9.17) is 14.2 Å². The molecular weight excluding hydrogens is 388 g/mol. The van der Waals surface area contributed by atoms with Gasteiger partial charge in [-0.3, -0.25) is 4.90 Å². The first-order chi connectivity index (χ1) is 15.2. The third kappa shape index (κ3) is 4.79. The maximum atomic E-state index is 6.03. The molecule has 0 bridgehead atoms. The van der Waals surface area contributed by atoms with Crippen LogP contribution in [0.5, 0.6) is 5.88 Å². The van der Waals surface area contributed by atoms with Crippen LogP contribution in [0.2, 0.25) is 0 Å². The second-order valence-electron chi connectivity index (χ2n) is 8.83. The van der Waals surface area contributed by atoms with Gasteiger partial charge in [0.15, 0.2) is 0 Å². The van der Waals surface area contributed by atoms with Crippen LogP contribution in [0.25, 0.3) is 11.4 Å². The molecule has 2 aliphatic rings. The number of aryl methyl sites for hydroxylation is 1. The Morgan fingerprint density at radius 2 is 1.84 bits per heavy atom. The number of rotatable bonds is 6. The van der Waals surface area contributed by atoms with Crippen LogP contribution in [0.1, 0.15) is 68.0 Å². The van der Waals surface area contributed by atoms with Crippen molar-refractivity contribution in [3.05, 3.63) is 59.6 Å². The monoisotopic (exact) mass is 418 g/mol. The van der Waals surface area contributed by atoms with Gasteiger partial charge in [-0.15, -0.1) is 0 Å². The van der Waals surface area contributed by atoms with E-state index >= 15 is 0 Å². The van der Waals surface area contributed by atoms with Gasteiger partial charge in [0.1, 0.15) is 6.10 Å². The summed E-state index contributed by atoms with van der Waals surface area (Å²) < 4.78 is 11.7. The van der Waals surface area contributed by atoms with Crippen molar-refractivity contribution in [3.8, 4) is 17.3 Å². The molecule has 1 unspecified atom stereocenters. The quantitative estimate of drug-likeness (QED) is 0.527. The molecule has 31 heavy (non-hydrogen) atoms. The minimum absolute atomic E-state index is 0.171. The largest absolute Gasteiger partial charge is 0.474 e. The zero-order chi connectivity index (χ0) is 21.0. The SMILES string of the molecule is Cc1ccc(CN2CCCC2c2nc(-c3ccc(OC4CCCCC4)nc3)no2)cc1. The summed E-state index contributed by atoms with van der Waals surface area (Å²) in [5.41, 5.74) is 3.45. The summed E-state index contributed by atoms with van der Waals surface area (Å²) in [5.74, 6) is 1.97. The van der Waals surface area contributed by atoms with Crippen molar-refractivity contribution >= 4 is 0 Å². The van der Waals surface area contributed by atoms with Crippen LogP contribution in [0, 0.1) is 6.92 Å². The number of hydrogen-bond donors (Lipinski definition) is 0. The highest BCUT2D eigenvalue weighted by molar-refractivity contribution is 5.53. The molecule has 5 rings (SSSR count). The Bertz CT molecular complexity index is 978. The first kappa shape index (κ1) is 20.2. The van der Waals surface area contributed by atoms with E-state index < -0.39 is 0 Å². The standard InChI is InChI=1S/C25H30N4O2/c1-18-9-11-19(12-10-18)17-29-15-5-8-22(29)25-27-24(28-31-25)20-13-14-23(26-16-20)30-21-6-3-2-4-7-21/h9-14,16,21-22H,2-8,15,17H2,1H3. The molecule has 0 radical (unpaired) electrons. The highest BCUT2D eigenvalue weighted by Gasteiger charge is 2.31. The summed E-state index contributed by atoms with van der Waals surface area (Å²) in [6, 6.07) is 12.8. The molecule has 6 heteroatoms. The lowest BCUT2D eigenvalue weighted by atomic mass is 9.98. The van der Waals surface area contributed by atoms with Crippen LogP contribution in [-0.2, 0) is 6.54 Å². The van der Waals surface area contributed by atoms with Crippen molar-refractivity contribution in [2.75, 3.05) is 6.54 Å². The summed E-state index contributed by atoms with van der Waals surface area (Å²) in [6.07, 6.45) is 10.3. The molecule has 1 saturated carbocycles. The van der Waals surface area contributed by atoms with E-state index in [0.717, 1.165) is 44.3 Å². The predicted molar refractivity (Wildman–Crippen MR) is 119 cm³/mol. The van der Waals surface area contributed by atoms with Gasteiger partial charge < -0.3 is 9.26 Å². The van der Waals surface area contributed by atoms with Crippen molar-refractivity contribution in [3.63, 3.8) is 0 Å². The van der Waals surface area contributed by atoms with Crippen molar-refractivity contribution in [1.82, 2.24) is 20.0 Å². The van der Waals surface area contributed by atoms with Crippen LogP contribution in [-0.4, -0.2) is 32.7 Å². The molecule has 1 aliphatic carbocycles. The normalized spacial score (nSPS) is 20.2. The van der Waals surface area contributed by atoms with E-state index in [-0.39, 0.29) is 6.04 Å². The van der Waals surface area contributed by atoms with E-state index in [1.165, 1.54) is 30.4 Å². The maximum absolute atomic E-state index is 6.03. The van der Waals surface area contributed by atoms with E-state index in [1.807, 2.05) is 12.1 Å². The number of nitrogens with zero attached hydrogens (tertiary/aromatic N) is 4. The number of pyridine rings is 1. The van der Waals surface area contributed by atoms with Gasteiger partial charge in [0.2, 0.25) is 17.6 Å². The average molecular weight is 419 g/mol. The fourth-order valence-electron chi connectivity index (χ4n) is 4.65. The lowest BCUT2D eigenvalue weighted by molar-refractivity contribution is 0.148. The molecule has 1 aliphatic heterocycles. The maximum Gasteiger partial charge on any atom is 0.244 e. The minimum Gasteiger partial charge on any atom is -0.474 e. The molecular formula is C25H30N4O2. The molecule has 3 heterocycles. The number of aromatic nitrogens is 3. The predicted octanol–water partition coefficient (Wildman–Crippen LogP) is 5.49. The average Bonchev–Trinajstić information content (AvgIpc) is 3.46. The summed E-state index contributed by atoms with van der Waals surface area (Å²) in [7, 11) is 0. The first-order valence-electron chi connectivity index (χ1n) is 11.5. The molecule has 2 aromatic heterocycles. The third-order valence-corrected chi connectivity index (χ3v) is 6.43. The van der Waals surface area contributed by atoms with E-state index in [1.54, 1.807) is 6.20 Å². The van der Waals surface area contributed by atoms with Crippen LogP contribution < -0.4 is 4.74 Å². The van der Waals surface area contributed by atoms with Gasteiger partial charge in [0, 0.05) is 24.4 Å². The second kappa shape index (κ2) is 9.18. The van der Waals surface area contributed by atoms with Crippen molar-refractivity contribution in [2.45, 2.75) is 70.6 Å². The molecule has 0 N–H and O–H groups in total. The van der Waals surface area contributed by atoms with Gasteiger partial charge in [0.25, 0.3) is 0 Å². The highest BCUT2D eigenvalue weighted by atomic mass is 16.5. The van der Waals surface area contributed by atoms with E-state index in [0.29, 0.717) is 23.7 Å². The topological polar surface area (TPSA) is 64.3 Å². The number of ether oxygens (including phenoxy) is 1. The van der Waals surface area contributed by atoms with Crippen LogP contribution in [0.4, 0.5) is 0 Å². The van der Waals surface area contributed by atoms with Gasteiger partial charge in [-0.25, -0.2) is 4.98 Å². The molecule has 2 fully saturated rings. The Morgan fingerprint density at radius 3 is 2.61 bits per heavy atom. The molecule has 162 valence electrons. The zero-order valence-corrected chi connectivity index (χ0v) is 18.2. The van der Waals surface area contributed by atoms with E-state index in [9.17, 15) is 0 Å². The lowest BCUT2D eigenvalue weighted by Gasteiger charge is -2.22. The van der Waals surface area contributed by atoms with Gasteiger partial charge in [-0.1, -0.05) is 41.4 Å². The minimum atomic E-state index is 0.171. The summed E-state index contributed by atoms with van der Waals surface area (Å²) in [4.78, 5) is 11.6. The van der Waals surface area contributed by atoms with Gasteiger partial charge in [-0.2, -0.15) is 4.98 Å². The highest BCUT2D eigenvalue weighted by Crippen LogP contribution is 2.33. The Labute approximate surface area is 183 Å². The van der Waals surface area contributed by atoms with Crippen molar-refractivity contribution in [1.29, 1.82) is 0 Å². The Hall–Kier alpha value is -2.73. The molecule has 1 aromatic carbocycles. The summed E-state index contributed by atoms with van der Waals surface area (Å²) in [5, 5.41) is 4.24. The fraction of sp³-hybridized carbons (Fsp3) is 0.480. The van der Waals surface area contributed by atoms with E-state index in [2.05, 4.69) is 46.2 Å². The number of likely N-dealkylation sites (tertiary alicyclic amines) is 1. The molecule has 1 saturated heterocycles. The Kier molecular flexibility index (Phi) is 5.98. The third-order valence-electron chi connectivity index (χ3n) is 6.43. The molecule has 0 spiro atoms. The summed E-state index contributed by atoms with van der Waals surface area (Å²) >= 11 is 0. The second-order valence-corrected chi connectivity index (χ2v) is 8.83. The van der Waals surface area contributed by atoms with Crippen molar-refractivity contribution < 1.29 is 9.26 Å². The van der Waals surface area contributed by atoms with Crippen LogP contribution >= 0.6 is 0 Å². The smallest absolute Gasteiger partial charge is 0.244 e. The van der Waals surface area contributed by atoms with Gasteiger partial charge in [-0.05, 0) is 63.6 Å². The number of hydrogen-bond acceptors (Lipinski definition) is 6. The lowest BCUT2D eigenvalue weighted by Crippen LogP contribution is -2.23. The number of benzene rings is 1. The Morgan fingerprint density at radius 1 is 1.00 bits per heavy atom. The molecule has 6 nitrogen and oxygen atoms in total. The van der Waals surface area contributed by atoms with Gasteiger partial charge in [0.05, 0.1) is 6.04 Å². The summed E-state index contributed by atoms with van der Waals surface area (Å²) in [6.45, 7) is 4.06. The molecule has 1 atom stereocenters. The van der Waals surface area contributed by atoms with Crippen LogP contribution in [0.15, 0.2) is 47.1 Å². The van der Waals surface area contributed by atoms with Crippen LogP contribution in [0.3, 0.4) is 0 Å².